The number of carbonyl (C=O) groups is 1. The minimum absolute atomic E-state index is 0.112. The van der Waals surface area contributed by atoms with E-state index >= 15 is 0 Å². The highest BCUT2D eigenvalue weighted by molar-refractivity contribution is 5.95. The summed E-state index contributed by atoms with van der Waals surface area (Å²) in [5.74, 6) is 0.326. The Hall–Kier alpha value is -2.36. The van der Waals surface area contributed by atoms with Gasteiger partial charge in [0, 0.05) is 17.5 Å². The lowest BCUT2D eigenvalue weighted by molar-refractivity contribution is 0.0933. The number of rotatable bonds is 3. The first-order chi connectivity index (χ1) is 10.1. The highest BCUT2D eigenvalue weighted by atomic mass is 19.1. The summed E-state index contributed by atoms with van der Waals surface area (Å²) < 4.78 is 18.8. The molecule has 1 N–H and O–H groups in total. The predicted octanol–water partition coefficient (Wildman–Crippen LogP) is 2.87. The fourth-order valence-electron chi connectivity index (χ4n) is 2.53. The molecule has 0 saturated carbocycles. The number of benzene rings is 2. The van der Waals surface area contributed by atoms with E-state index in [9.17, 15) is 9.18 Å². The lowest BCUT2D eigenvalue weighted by atomic mass is 10.1. The topological polar surface area (TPSA) is 38.3 Å². The van der Waals surface area contributed by atoms with Gasteiger partial charge in [0.2, 0.25) is 0 Å². The Kier molecular flexibility index (Phi) is 3.60. The molecule has 1 amide bonds. The van der Waals surface area contributed by atoms with Crippen LogP contribution in [-0.4, -0.2) is 18.6 Å². The zero-order valence-corrected chi connectivity index (χ0v) is 11.7. The Balaban J connectivity index is 1.60. The Morgan fingerprint density at radius 3 is 2.95 bits per heavy atom. The maximum atomic E-state index is 13.1. The van der Waals surface area contributed by atoms with E-state index in [4.69, 9.17) is 4.74 Å². The molecule has 0 saturated heterocycles. The van der Waals surface area contributed by atoms with E-state index in [1.54, 1.807) is 12.1 Å². The molecule has 108 valence electrons. The van der Waals surface area contributed by atoms with Crippen LogP contribution >= 0.6 is 0 Å². The normalized spacial score (nSPS) is 16.2. The van der Waals surface area contributed by atoms with Gasteiger partial charge in [-0.25, -0.2) is 4.39 Å². The third kappa shape index (κ3) is 2.89. The molecule has 4 heteroatoms. The van der Waals surface area contributed by atoms with Crippen LogP contribution in [0.15, 0.2) is 42.5 Å². The van der Waals surface area contributed by atoms with Gasteiger partial charge in [-0.1, -0.05) is 18.2 Å². The van der Waals surface area contributed by atoms with Crippen molar-refractivity contribution in [3.05, 3.63) is 65.0 Å². The number of carbonyl (C=O) groups excluding carboxylic acids is 1. The third-order valence-electron chi connectivity index (χ3n) is 3.64. The number of ether oxygens (including phenoxy) is 1. The van der Waals surface area contributed by atoms with Crippen LogP contribution in [0.3, 0.4) is 0 Å². The van der Waals surface area contributed by atoms with Gasteiger partial charge in [-0.15, -0.1) is 0 Å². The van der Waals surface area contributed by atoms with Gasteiger partial charge in [-0.05, 0) is 36.8 Å². The highest BCUT2D eigenvalue weighted by Crippen LogP contribution is 2.28. The van der Waals surface area contributed by atoms with Crippen molar-refractivity contribution in [3.63, 3.8) is 0 Å². The van der Waals surface area contributed by atoms with E-state index in [-0.39, 0.29) is 17.8 Å². The zero-order valence-electron chi connectivity index (χ0n) is 11.7. The summed E-state index contributed by atoms with van der Waals surface area (Å²) in [6.45, 7) is 2.31. The smallest absolute Gasteiger partial charge is 0.251 e. The Morgan fingerprint density at radius 2 is 2.14 bits per heavy atom. The average molecular weight is 285 g/mol. The summed E-state index contributed by atoms with van der Waals surface area (Å²) in [7, 11) is 0. The highest BCUT2D eigenvalue weighted by Gasteiger charge is 2.23. The molecule has 2 aromatic carbocycles. The van der Waals surface area contributed by atoms with E-state index in [2.05, 4.69) is 5.32 Å². The largest absolute Gasteiger partial charge is 0.488 e. The van der Waals surface area contributed by atoms with Crippen molar-refractivity contribution in [2.45, 2.75) is 19.4 Å². The van der Waals surface area contributed by atoms with Crippen molar-refractivity contribution < 1.29 is 13.9 Å². The van der Waals surface area contributed by atoms with Crippen LogP contribution in [0.2, 0.25) is 0 Å². The van der Waals surface area contributed by atoms with Gasteiger partial charge in [0.1, 0.15) is 17.7 Å². The standard InChI is InChI=1S/C17H16FNO2/c1-11-4-2-3-5-15(11)17(20)19-10-14-9-12-8-13(18)6-7-16(12)21-14/h2-8,14H,9-10H2,1H3,(H,19,20)/t14-/m0/s1. The van der Waals surface area contributed by atoms with Crippen molar-refractivity contribution in [1.82, 2.24) is 5.32 Å². The van der Waals surface area contributed by atoms with Gasteiger partial charge in [0.05, 0.1) is 6.54 Å². The summed E-state index contributed by atoms with van der Waals surface area (Å²) in [4.78, 5) is 12.1. The lowest BCUT2D eigenvalue weighted by Gasteiger charge is -2.12. The second-order valence-corrected chi connectivity index (χ2v) is 5.22. The Bertz CT molecular complexity index is 684. The minimum Gasteiger partial charge on any atom is -0.488 e. The van der Waals surface area contributed by atoms with Crippen LogP contribution in [0.1, 0.15) is 21.5 Å². The maximum absolute atomic E-state index is 13.1. The van der Waals surface area contributed by atoms with Crippen LogP contribution in [0, 0.1) is 12.7 Å². The second kappa shape index (κ2) is 5.56. The van der Waals surface area contributed by atoms with E-state index in [1.807, 2.05) is 25.1 Å². The number of halogens is 1. The first kappa shape index (κ1) is 13.6. The number of aryl methyl sites for hydroxylation is 1. The summed E-state index contributed by atoms with van der Waals surface area (Å²) in [5, 5.41) is 2.87. The van der Waals surface area contributed by atoms with Crippen LogP contribution in [-0.2, 0) is 6.42 Å². The summed E-state index contributed by atoms with van der Waals surface area (Å²) >= 11 is 0. The van der Waals surface area contributed by atoms with Gasteiger partial charge >= 0.3 is 0 Å². The predicted molar refractivity (Wildman–Crippen MR) is 78.0 cm³/mol. The molecule has 1 aliphatic heterocycles. The molecular weight excluding hydrogens is 269 g/mol. The third-order valence-corrected chi connectivity index (χ3v) is 3.64. The Morgan fingerprint density at radius 1 is 1.33 bits per heavy atom. The SMILES string of the molecule is Cc1ccccc1C(=O)NC[C@@H]1Cc2cc(F)ccc2O1. The van der Waals surface area contributed by atoms with Gasteiger partial charge < -0.3 is 10.1 Å². The van der Waals surface area contributed by atoms with Crippen molar-refractivity contribution in [2.24, 2.45) is 0 Å². The van der Waals surface area contributed by atoms with E-state index < -0.39 is 0 Å². The maximum Gasteiger partial charge on any atom is 0.251 e. The molecular formula is C17H16FNO2. The monoisotopic (exact) mass is 285 g/mol. The molecule has 3 rings (SSSR count). The number of hydrogen-bond acceptors (Lipinski definition) is 2. The first-order valence-corrected chi connectivity index (χ1v) is 6.92. The summed E-state index contributed by atoms with van der Waals surface area (Å²) in [6.07, 6.45) is 0.469. The van der Waals surface area contributed by atoms with Crippen molar-refractivity contribution in [3.8, 4) is 5.75 Å². The first-order valence-electron chi connectivity index (χ1n) is 6.92. The van der Waals surface area contributed by atoms with Crippen LogP contribution in [0.5, 0.6) is 5.75 Å². The number of nitrogens with one attached hydrogen (secondary N) is 1. The van der Waals surface area contributed by atoms with Crippen molar-refractivity contribution in [1.29, 1.82) is 0 Å². The van der Waals surface area contributed by atoms with Crippen LogP contribution in [0.25, 0.3) is 0 Å². The lowest BCUT2D eigenvalue weighted by Crippen LogP contribution is -2.34. The molecule has 0 aromatic heterocycles. The molecule has 0 fully saturated rings. The molecule has 1 heterocycles. The number of amides is 1. The molecule has 2 aromatic rings. The van der Waals surface area contributed by atoms with E-state index in [0.29, 0.717) is 24.3 Å². The molecule has 1 atom stereocenters. The fraction of sp³-hybridized carbons (Fsp3) is 0.235. The fourth-order valence-corrected chi connectivity index (χ4v) is 2.53. The van der Waals surface area contributed by atoms with Gasteiger partial charge in [-0.2, -0.15) is 0 Å². The summed E-state index contributed by atoms with van der Waals surface area (Å²) in [6, 6.07) is 11.9. The van der Waals surface area contributed by atoms with Gasteiger partial charge in [0.15, 0.2) is 0 Å². The molecule has 0 bridgehead atoms. The van der Waals surface area contributed by atoms with E-state index in [0.717, 1.165) is 11.1 Å². The molecule has 3 nitrogen and oxygen atoms in total. The molecule has 21 heavy (non-hydrogen) atoms. The average Bonchev–Trinajstić information content (AvgIpc) is 2.87. The number of fused-ring (bicyclic) bond motifs is 1. The Labute approximate surface area is 122 Å². The zero-order chi connectivity index (χ0) is 14.8. The molecule has 0 radical (unpaired) electrons. The van der Waals surface area contributed by atoms with Gasteiger partial charge in [-0.3, -0.25) is 4.79 Å². The molecule has 0 spiro atoms. The second-order valence-electron chi connectivity index (χ2n) is 5.22. The minimum atomic E-state index is -0.262. The molecule has 0 unspecified atom stereocenters. The van der Waals surface area contributed by atoms with Crippen LogP contribution < -0.4 is 10.1 Å². The molecule has 0 aliphatic carbocycles. The van der Waals surface area contributed by atoms with Crippen LogP contribution in [0.4, 0.5) is 4.39 Å². The summed E-state index contributed by atoms with van der Waals surface area (Å²) in [5.41, 5.74) is 2.46. The van der Waals surface area contributed by atoms with Crippen molar-refractivity contribution in [2.75, 3.05) is 6.54 Å². The van der Waals surface area contributed by atoms with E-state index in [1.165, 1.54) is 12.1 Å². The quantitative estimate of drug-likeness (QED) is 0.941. The number of hydrogen-bond donors (Lipinski definition) is 1. The molecule has 1 aliphatic rings. The van der Waals surface area contributed by atoms with Crippen molar-refractivity contribution >= 4 is 5.91 Å². The van der Waals surface area contributed by atoms with Gasteiger partial charge in [0.25, 0.3) is 5.91 Å².